The van der Waals surface area contributed by atoms with Crippen LogP contribution in [0.4, 0.5) is 0 Å². The summed E-state index contributed by atoms with van der Waals surface area (Å²) in [5.41, 5.74) is 4.74. The molecule has 0 amide bonds. The van der Waals surface area contributed by atoms with Crippen LogP contribution in [0.1, 0.15) is 16.7 Å². The maximum atomic E-state index is 4.11. The Kier molecular flexibility index (Phi) is 4.27. The molecule has 21 heavy (non-hydrogen) atoms. The molecule has 0 N–H and O–H groups in total. The summed E-state index contributed by atoms with van der Waals surface area (Å²) in [5, 5.41) is 0. The third-order valence-corrected chi connectivity index (χ3v) is 3.79. The van der Waals surface area contributed by atoms with Gasteiger partial charge in [0.15, 0.2) is 0 Å². The van der Waals surface area contributed by atoms with Crippen molar-refractivity contribution in [3.63, 3.8) is 0 Å². The van der Waals surface area contributed by atoms with Gasteiger partial charge in [-0.3, -0.25) is 4.98 Å². The third-order valence-electron chi connectivity index (χ3n) is 3.26. The maximum Gasteiger partial charge on any atom is 0.0273 e. The molecule has 0 radical (unpaired) electrons. The van der Waals surface area contributed by atoms with Crippen molar-refractivity contribution in [2.45, 2.75) is 0 Å². The lowest BCUT2D eigenvalue weighted by molar-refractivity contribution is 1.32. The molecule has 1 heterocycles. The van der Waals surface area contributed by atoms with Crippen LogP contribution in [-0.2, 0) is 0 Å². The van der Waals surface area contributed by atoms with Crippen molar-refractivity contribution in [1.82, 2.24) is 4.98 Å². The highest BCUT2D eigenvalue weighted by atomic mass is 79.9. The Balaban J connectivity index is 2.10. The molecule has 2 heteroatoms. The summed E-state index contributed by atoms with van der Waals surface area (Å²) in [6.45, 7) is 0. The van der Waals surface area contributed by atoms with Crippen molar-refractivity contribution in [3.05, 3.63) is 100 Å². The average Bonchev–Trinajstić information content (AvgIpc) is 2.56. The summed E-state index contributed by atoms with van der Waals surface area (Å²) in [5.74, 6) is 0. The highest BCUT2D eigenvalue weighted by molar-refractivity contribution is 9.10. The van der Waals surface area contributed by atoms with Gasteiger partial charge >= 0.3 is 0 Å². The van der Waals surface area contributed by atoms with Crippen molar-refractivity contribution in [3.8, 4) is 0 Å². The number of pyridine rings is 1. The summed E-state index contributed by atoms with van der Waals surface area (Å²) >= 11 is 3.47. The molecule has 1 aromatic heterocycles. The van der Waals surface area contributed by atoms with Crippen molar-refractivity contribution in [1.29, 1.82) is 0 Å². The summed E-state index contributed by atoms with van der Waals surface area (Å²) in [6, 6.07) is 22.8. The largest absolute Gasteiger partial charge is 0.265 e. The lowest BCUT2D eigenvalue weighted by Gasteiger charge is -2.08. The number of aromatic nitrogens is 1. The number of hydrogen-bond donors (Lipinski definition) is 0. The van der Waals surface area contributed by atoms with Gasteiger partial charge in [-0.05, 0) is 52.6 Å². The fourth-order valence-corrected chi connectivity index (χ4v) is 2.47. The van der Waals surface area contributed by atoms with Crippen LogP contribution < -0.4 is 0 Å². The minimum absolute atomic E-state index is 1.09. The highest BCUT2D eigenvalue weighted by Crippen LogP contribution is 2.26. The van der Waals surface area contributed by atoms with E-state index in [9.17, 15) is 0 Å². The molecule has 0 saturated carbocycles. The number of nitrogens with zero attached hydrogens (tertiary/aromatic N) is 1. The van der Waals surface area contributed by atoms with E-state index in [1.807, 2.05) is 30.6 Å². The van der Waals surface area contributed by atoms with Crippen molar-refractivity contribution < 1.29 is 0 Å². The lowest BCUT2D eigenvalue weighted by atomic mass is 9.96. The molecular formula is C19H14BrN. The average molecular weight is 336 g/mol. The lowest BCUT2D eigenvalue weighted by Crippen LogP contribution is -1.88. The van der Waals surface area contributed by atoms with E-state index in [1.54, 1.807) is 0 Å². The molecule has 0 unspecified atom stereocenters. The number of hydrogen-bond acceptors (Lipinski definition) is 1. The van der Waals surface area contributed by atoms with Gasteiger partial charge in [0.2, 0.25) is 0 Å². The zero-order chi connectivity index (χ0) is 14.5. The molecule has 0 aliphatic carbocycles. The normalized spacial score (nSPS) is 11.4. The third kappa shape index (κ3) is 3.47. The van der Waals surface area contributed by atoms with Crippen molar-refractivity contribution in [2.75, 3.05) is 0 Å². The van der Waals surface area contributed by atoms with E-state index in [0.29, 0.717) is 0 Å². The molecule has 102 valence electrons. The number of rotatable bonds is 3. The first-order valence-corrected chi connectivity index (χ1v) is 7.55. The van der Waals surface area contributed by atoms with E-state index in [-0.39, 0.29) is 0 Å². The second-order valence-electron chi connectivity index (χ2n) is 4.71. The Morgan fingerprint density at radius 1 is 0.762 bits per heavy atom. The monoisotopic (exact) mass is 335 g/mol. The molecule has 0 fully saturated rings. The zero-order valence-electron chi connectivity index (χ0n) is 11.4. The van der Waals surface area contributed by atoms with Crippen LogP contribution in [-0.4, -0.2) is 4.98 Å². The van der Waals surface area contributed by atoms with Gasteiger partial charge < -0.3 is 0 Å². The van der Waals surface area contributed by atoms with E-state index >= 15 is 0 Å². The minimum atomic E-state index is 1.09. The van der Waals surface area contributed by atoms with E-state index in [4.69, 9.17) is 0 Å². The topological polar surface area (TPSA) is 12.9 Å². The van der Waals surface area contributed by atoms with Gasteiger partial charge in [-0.1, -0.05) is 58.4 Å². The van der Waals surface area contributed by atoms with Crippen LogP contribution >= 0.6 is 15.9 Å². The molecule has 1 nitrogen and oxygen atoms in total. The summed E-state index contributed by atoms with van der Waals surface area (Å²) < 4.78 is 1.09. The fourth-order valence-electron chi connectivity index (χ4n) is 2.21. The predicted molar refractivity (Wildman–Crippen MR) is 91.8 cm³/mol. The van der Waals surface area contributed by atoms with Crippen LogP contribution in [0.25, 0.3) is 11.6 Å². The summed E-state index contributed by atoms with van der Waals surface area (Å²) in [6.07, 6.45) is 5.86. The summed E-state index contributed by atoms with van der Waals surface area (Å²) in [4.78, 5) is 4.11. The van der Waals surface area contributed by atoms with Gasteiger partial charge in [0.05, 0.1) is 0 Å². The highest BCUT2D eigenvalue weighted by Gasteiger charge is 2.04. The quantitative estimate of drug-likeness (QED) is 0.581. The molecule has 0 spiro atoms. The van der Waals surface area contributed by atoms with Crippen LogP contribution in [0.5, 0.6) is 0 Å². The Bertz CT molecular complexity index is 690. The Morgan fingerprint density at radius 3 is 2.05 bits per heavy atom. The Labute approximate surface area is 133 Å². The molecule has 0 aliphatic heterocycles. The van der Waals surface area contributed by atoms with Gasteiger partial charge in [0.1, 0.15) is 0 Å². The van der Waals surface area contributed by atoms with Crippen LogP contribution in [0, 0.1) is 0 Å². The minimum Gasteiger partial charge on any atom is -0.265 e. The molecule has 0 atom stereocenters. The second kappa shape index (κ2) is 6.51. The van der Waals surface area contributed by atoms with Gasteiger partial charge in [-0.25, -0.2) is 0 Å². The van der Waals surface area contributed by atoms with Crippen LogP contribution in [0.2, 0.25) is 0 Å². The Morgan fingerprint density at radius 2 is 1.38 bits per heavy atom. The standard InChI is InChI=1S/C19H14BrN/c20-18-8-6-15(7-9-18)14-19(16-4-2-1-3-5-16)17-10-12-21-13-11-17/h1-14H. The first-order valence-electron chi connectivity index (χ1n) is 6.76. The molecular weight excluding hydrogens is 322 g/mol. The summed E-state index contributed by atoms with van der Waals surface area (Å²) in [7, 11) is 0. The van der Waals surface area contributed by atoms with E-state index < -0.39 is 0 Å². The van der Waals surface area contributed by atoms with Crippen molar-refractivity contribution in [2.24, 2.45) is 0 Å². The predicted octanol–water partition coefficient (Wildman–Crippen LogP) is 5.43. The smallest absolute Gasteiger partial charge is 0.0273 e. The molecule has 3 aromatic rings. The SMILES string of the molecule is Brc1ccc(C=C(c2ccccc2)c2ccncc2)cc1. The van der Waals surface area contributed by atoms with Crippen molar-refractivity contribution >= 4 is 27.6 Å². The molecule has 3 rings (SSSR count). The zero-order valence-corrected chi connectivity index (χ0v) is 13.0. The van der Waals surface area contributed by atoms with Gasteiger partial charge in [0, 0.05) is 16.9 Å². The number of halogens is 1. The van der Waals surface area contributed by atoms with E-state index in [1.165, 1.54) is 22.3 Å². The maximum absolute atomic E-state index is 4.11. The molecule has 0 aliphatic rings. The van der Waals surface area contributed by atoms with Gasteiger partial charge in [-0.15, -0.1) is 0 Å². The first-order chi connectivity index (χ1) is 10.3. The molecule has 0 saturated heterocycles. The number of benzene rings is 2. The van der Waals surface area contributed by atoms with Gasteiger partial charge in [-0.2, -0.15) is 0 Å². The van der Waals surface area contributed by atoms with Crippen LogP contribution in [0.15, 0.2) is 83.6 Å². The Hall–Kier alpha value is -2.19. The fraction of sp³-hybridized carbons (Fsp3) is 0. The van der Waals surface area contributed by atoms with E-state index in [0.717, 1.165) is 4.47 Å². The van der Waals surface area contributed by atoms with E-state index in [2.05, 4.69) is 75.5 Å². The van der Waals surface area contributed by atoms with Gasteiger partial charge in [0.25, 0.3) is 0 Å². The van der Waals surface area contributed by atoms with Crippen LogP contribution in [0.3, 0.4) is 0 Å². The first kappa shape index (κ1) is 13.8. The molecule has 0 bridgehead atoms. The second-order valence-corrected chi connectivity index (χ2v) is 5.63. The molecule has 2 aromatic carbocycles.